The second-order valence-corrected chi connectivity index (χ2v) is 9.01. The van der Waals surface area contributed by atoms with Gasteiger partial charge in [-0.3, -0.25) is 14.5 Å². The van der Waals surface area contributed by atoms with Gasteiger partial charge in [-0.1, -0.05) is 54.6 Å². The molecule has 1 aliphatic heterocycles. The summed E-state index contributed by atoms with van der Waals surface area (Å²) in [5, 5.41) is 0.611. The summed E-state index contributed by atoms with van der Waals surface area (Å²) in [7, 11) is 0. The number of benzene rings is 3. The van der Waals surface area contributed by atoms with Crippen molar-refractivity contribution in [1.82, 2.24) is 4.90 Å². The number of hydrogen-bond acceptors (Lipinski definition) is 6. The Morgan fingerprint density at radius 3 is 2.39 bits per heavy atom. The molecule has 4 rings (SSSR count). The minimum Gasteiger partial charge on any atom is -0.490 e. The van der Waals surface area contributed by atoms with Gasteiger partial charge in [0.15, 0.2) is 23.3 Å². The number of thioether (sulfide) groups is 1. The Morgan fingerprint density at radius 1 is 1.03 bits per heavy atom. The number of primary amides is 1. The van der Waals surface area contributed by atoms with Crippen LogP contribution in [-0.4, -0.2) is 35.1 Å². The first-order valence-corrected chi connectivity index (χ1v) is 12.4. The highest BCUT2D eigenvalue weighted by molar-refractivity contribution is 8.18. The molecule has 1 heterocycles. The van der Waals surface area contributed by atoms with Gasteiger partial charge >= 0.3 is 0 Å². The van der Waals surface area contributed by atoms with Gasteiger partial charge in [0, 0.05) is 0 Å². The van der Waals surface area contributed by atoms with Crippen molar-refractivity contribution in [3.05, 3.63) is 94.9 Å². The summed E-state index contributed by atoms with van der Waals surface area (Å²) >= 11 is 1.33. The molecule has 1 fully saturated rings. The minimum atomic E-state index is -0.575. The first-order valence-electron chi connectivity index (χ1n) is 11.6. The molecule has 0 saturated carbocycles. The molecular weight excluding hydrogens is 474 g/mol. The van der Waals surface area contributed by atoms with Gasteiger partial charge in [-0.25, -0.2) is 4.99 Å². The molecule has 0 spiro atoms. The highest BCUT2D eigenvalue weighted by atomic mass is 32.2. The Bertz CT molecular complexity index is 1290. The molecular formula is C28H27N3O4S. The summed E-state index contributed by atoms with van der Waals surface area (Å²) in [5.74, 6) is 0.178. The van der Waals surface area contributed by atoms with Crippen LogP contribution in [0.4, 0.5) is 5.69 Å². The Labute approximate surface area is 214 Å². The number of amidine groups is 1. The first-order chi connectivity index (χ1) is 17.5. The fourth-order valence-electron chi connectivity index (χ4n) is 3.70. The highest BCUT2D eigenvalue weighted by Crippen LogP contribution is 2.40. The number of aliphatic imine (C=N–C) groups is 1. The van der Waals surface area contributed by atoms with Gasteiger partial charge in [-0.15, -0.1) is 0 Å². The second kappa shape index (κ2) is 11.6. The fraction of sp³-hybridized carbons (Fsp3) is 0.179. The molecule has 0 aliphatic carbocycles. The molecule has 0 radical (unpaired) electrons. The van der Waals surface area contributed by atoms with Crippen LogP contribution in [0.3, 0.4) is 0 Å². The Morgan fingerprint density at radius 2 is 1.72 bits per heavy atom. The molecule has 2 N–H and O–H groups in total. The zero-order valence-corrected chi connectivity index (χ0v) is 20.9. The molecule has 7 nitrogen and oxygen atoms in total. The first kappa shape index (κ1) is 25.1. The molecule has 0 unspecified atom stereocenters. The van der Waals surface area contributed by atoms with Gasteiger partial charge < -0.3 is 15.2 Å². The van der Waals surface area contributed by atoms with Crippen LogP contribution in [0.5, 0.6) is 11.5 Å². The van der Waals surface area contributed by atoms with Gasteiger partial charge in [-0.05, 0) is 67.1 Å². The quantitative estimate of drug-likeness (QED) is 0.401. The lowest BCUT2D eigenvalue weighted by Crippen LogP contribution is -2.32. The number of ether oxygens (including phenoxy) is 2. The van der Waals surface area contributed by atoms with E-state index in [2.05, 4.69) is 0 Å². The van der Waals surface area contributed by atoms with E-state index in [-0.39, 0.29) is 18.6 Å². The number of hydrogen-bond donors (Lipinski definition) is 1. The molecule has 1 aliphatic rings. The van der Waals surface area contributed by atoms with E-state index in [1.165, 1.54) is 11.8 Å². The van der Waals surface area contributed by atoms with Crippen LogP contribution < -0.4 is 15.2 Å². The van der Waals surface area contributed by atoms with E-state index >= 15 is 0 Å². The molecule has 0 aromatic heterocycles. The van der Waals surface area contributed by atoms with Gasteiger partial charge in [0.1, 0.15) is 0 Å². The normalized spacial score (nSPS) is 16.4. The van der Waals surface area contributed by atoms with E-state index in [0.29, 0.717) is 28.2 Å². The molecule has 184 valence electrons. The largest absolute Gasteiger partial charge is 0.490 e. The zero-order chi connectivity index (χ0) is 25.5. The average molecular weight is 502 g/mol. The molecule has 8 heteroatoms. The van der Waals surface area contributed by atoms with E-state index in [4.69, 9.17) is 20.2 Å². The van der Waals surface area contributed by atoms with Gasteiger partial charge in [0.25, 0.3) is 11.8 Å². The number of amides is 2. The Balaban J connectivity index is 1.69. The molecule has 2 amide bonds. The average Bonchev–Trinajstić information content (AvgIpc) is 3.18. The van der Waals surface area contributed by atoms with Gasteiger partial charge in [-0.2, -0.15) is 0 Å². The molecule has 0 bridgehead atoms. The van der Waals surface area contributed by atoms with Crippen LogP contribution in [-0.2, 0) is 9.59 Å². The maximum atomic E-state index is 13.6. The fourth-order valence-corrected chi connectivity index (χ4v) is 4.77. The van der Waals surface area contributed by atoms with Gasteiger partial charge in [0.2, 0.25) is 0 Å². The third kappa shape index (κ3) is 5.95. The molecule has 3 aromatic rings. The van der Waals surface area contributed by atoms with Crippen LogP contribution in [0.15, 0.2) is 88.8 Å². The zero-order valence-electron chi connectivity index (χ0n) is 20.1. The van der Waals surface area contributed by atoms with Crippen LogP contribution in [0.1, 0.15) is 31.0 Å². The van der Waals surface area contributed by atoms with Crippen molar-refractivity contribution in [2.24, 2.45) is 10.7 Å². The number of nitrogens with zero attached hydrogens (tertiary/aromatic N) is 2. The number of rotatable bonds is 9. The van der Waals surface area contributed by atoms with Crippen LogP contribution in [0.25, 0.3) is 6.08 Å². The van der Waals surface area contributed by atoms with Crippen molar-refractivity contribution in [1.29, 1.82) is 0 Å². The van der Waals surface area contributed by atoms with E-state index in [1.54, 1.807) is 23.1 Å². The predicted molar refractivity (Wildman–Crippen MR) is 143 cm³/mol. The highest BCUT2D eigenvalue weighted by Gasteiger charge is 2.37. The SMILES string of the molecule is CCOc1cc(/C=C2/SC(=Nc3ccccc3)N([C@H](C)c3ccccc3)C2=O)ccc1OCC(N)=O. The smallest absolute Gasteiger partial charge is 0.267 e. The van der Waals surface area contributed by atoms with Crippen molar-refractivity contribution in [2.45, 2.75) is 19.9 Å². The second-order valence-electron chi connectivity index (χ2n) is 8.00. The van der Waals surface area contributed by atoms with Crippen LogP contribution in [0, 0.1) is 0 Å². The molecule has 1 atom stereocenters. The van der Waals surface area contributed by atoms with E-state index < -0.39 is 5.91 Å². The third-order valence-corrected chi connectivity index (χ3v) is 6.41. The van der Waals surface area contributed by atoms with Crippen LogP contribution >= 0.6 is 11.8 Å². The third-order valence-electron chi connectivity index (χ3n) is 5.42. The monoisotopic (exact) mass is 501 g/mol. The maximum Gasteiger partial charge on any atom is 0.267 e. The number of nitrogens with two attached hydrogens (primary N) is 1. The summed E-state index contributed by atoms with van der Waals surface area (Å²) in [5.41, 5.74) is 7.74. The summed E-state index contributed by atoms with van der Waals surface area (Å²) in [6.45, 7) is 4.02. The van der Waals surface area contributed by atoms with E-state index in [1.807, 2.05) is 80.6 Å². The summed E-state index contributed by atoms with van der Waals surface area (Å²) < 4.78 is 11.1. The molecule has 36 heavy (non-hydrogen) atoms. The molecule has 3 aromatic carbocycles. The summed E-state index contributed by atoms with van der Waals surface area (Å²) in [6.07, 6.45) is 1.81. The van der Waals surface area contributed by atoms with Crippen molar-refractivity contribution in [3.8, 4) is 11.5 Å². The van der Waals surface area contributed by atoms with Crippen LogP contribution in [0.2, 0.25) is 0 Å². The maximum absolute atomic E-state index is 13.6. The lowest BCUT2D eigenvalue weighted by atomic mass is 10.1. The summed E-state index contributed by atoms with van der Waals surface area (Å²) in [6, 6.07) is 24.5. The van der Waals surface area contributed by atoms with E-state index in [9.17, 15) is 9.59 Å². The minimum absolute atomic E-state index is 0.127. The lowest BCUT2D eigenvalue weighted by Gasteiger charge is -2.24. The van der Waals surface area contributed by atoms with Crippen molar-refractivity contribution < 1.29 is 19.1 Å². The van der Waals surface area contributed by atoms with E-state index in [0.717, 1.165) is 16.8 Å². The standard InChI is InChI=1S/C28H27N3O4S/c1-3-34-24-16-20(14-15-23(24)35-18-26(29)32)17-25-27(33)31(19(2)21-10-6-4-7-11-21)28(36-25)30-22-12-8-5-9-13-22/h4-17,19H,3,18H2,1-2H3,(H2,29,32)/b25-17+,30-28?/t19-/m1/s1. The number of para-hydroxylation sites is 1. The Kier molecular flexibility index (Phi) is 8.07. The lowest BCUT2D eigenvalue weighted by molar-refractivity contribution is -0.123. The summed E-state index contributed by atoms with van der Waals surface area (Å²) in [4.78, 5) is 31.8. The number of carbonyl (C=O) groups is 2. The van der Waals surface area contributed by atoms with Crippen molar-refractivity contribution >= 4 is 40.5 Å². The predicted octanol–water partition coefficient (Wildman–Crippen LogP) is 5.31. The molecule has 1 saturated heterocycles. The van der Waals surface area contributed by atoms with Gasteiger partial charge in [0.05, 0.1) is 23.2 Å². The number of carbonyl (C=O) groups excluding carboxylic acids is 2. The Hall–Kier alpha value is -4.04. The van der Waals surface area contributed by atoms with Crippen molar-refractivity contribution in [3.63, 3.8) is 0 Å². The topological polar surface area (TPSA) is 94.2 Å². The van der Waals surface area contributed by atoms with Crippen molar-refractivity contribution in [2.75, 3.05) is 13.2 Å².